The van der Waals surface area contributed by atoms with Gasteiger partial charge in [0.2, 0.25) is 5.91 Å². The van der Waals surface area contributed by atoms with Crippen LogP contribution in [0.5, 0.6) is 11.5 Å². The SMILES string of the molecule is CCOc1ccc(CNC(=O)C2CCN(c3ccc(-c4cccc(F)c4)nn3)CC2)cc1OCC. The molecule has 2 aromatic carbocycles. The van der Waals surface area contributed by atoms with E-state index >= 15 is 0 Å². The fourth-order valence-electron chi connectivity index (χ4n) is 4.21. The molecule has 0 radical (unpaired) electrons. The third-order valence-corrected chi connectivity index (χ3v) is 6.04. The number of nitrogens with one attached hydrogen (secondary N) is 1. The Labute approximate surface area is 205 Å². The molecule has 0 saturated carbocycles. The number of carbonyl (C=O) groups excluding carboxylic acids is 1. The number of anilines is 1. The third-order valence-electron chi connectivity index (χ3n) is 6.04. The fourth-order valence-corrected chi connectivity index (χ4v) is 4.21. The summed E-state index contributed by atoms with van der Waals surface area (Å²) in [6.45, 7) is 6.88. The molecule has 0 bridgehead atoms. The molecule has 0 unspecified atom stereocenters. The van der Waals surface area contributed by atoms with Crippen molar-refractivity contribution >= 4 is 11.7 Å². The summed E-state index contributed by atoms with van der Waals surface area (Å²) in [5.41, 5.74) is 2.29. The summed E-state index contributed by atoms with van der Waals surface area (Å²) in [6, 6.07) is 15.8. The Morgan fingerprint density at radius 2 is 1.77 bits per heavy atom. The monoisotopic (exact) mass is 478 g/mol. The summed E-state index contributed by atoms with van der Waals surface area (Å²) in [5.74, 6) is 1.89. The molecule has 8 heteroatoms. The first kappa shape index (κ1) is 24.4. The molecule has 35 heavy (non-hydrogen) atoms. The number of carbonyl (C=O) groups is 1. The van der Waals surface area contributed by atoms with E-state index < -0.39 is 0 Å². The van der Waals surface area contributed by atoms with Gasteiger partial charge in [-0.25, -0.2) is 4.39 Å². The van der Waals surface area contributed by atoms with Crippen molar-refractivity contribution in [3.8, 4) is 22.8 Å². The average Bonchev–Trinajstić information content (AvgIpc) is 2.89. The van der Waals surface area contributed by atoms with E-state index in [0.29, 0.717) is 42.5 Å². The van der Waals surface area contributed by atoms with Crippen LogP contribution >= 0.6 is 0 Å². The Morgan fingerprint density at radius 3 is 2.46 bits per heavy atom. The summed E-state index contributed by atoms with van der Waals surface area (Å²) >= 11 is 0. The molecule has 1 N–H and O–H groups in total. The molecule has 1 amide bonds. The molecule has 0 spiro atoms. The first-order valence-electron chi connectivity index (χ1n) is 12.1. The quantitative estimate of drug-likeness (QED) is 0.484. The highest BCUT2D eigenvalue weighted by molar-refractivity contribution is 5.79. The molecular weight excluding hydrogens is 447 g/mol. The second-order valence-electron chi connectivity index (χ2n) is 8.41. The van der Waals surface area contributed by atoms with Gasteiger partial charge in [0.1, 0.15) is 5.82 Å². The van der Waals surface area contributed by atoms with E-state index in [1.807, 2.05) is 50.2 Å². The lowest BCUT2D eigenvalue weighted by molar-refractivity contribution is -0.125. The van der Waals surface area contributed by atoms with Gasteiger partial charge in [-0.3, -0.25) is 4.79 Å². The van der Waals surface area contributed by atoms with E-state index in [0.717, 1.165) is 37.3 Å². The lowest BCUT2D eigenvalue weighted by Crippen LogP contribution is -2.40. The largest absolute Gasteiger partial charge is 0.490 e. The van der Waals surface area contributed by atoms with E-state index in [1.165, 1.54) is 12.1 Å². The molecular formula is C27H31FN4O3. The molecule has 184 valence electrons. The van der Waals surface area contributed by atoms with Crippen molar-refractivity contribution in [2.45, 2.75) is 33.2 Å². The van der Waals surface area contributed by atoms with Crippen LogP contribution in [0.2, 0.25) is 0 Å². The fraction of sp³-hybridized carbons (Fsp3) is 0.370. The zero-order valence-electron chi connectivity index (χ0n) is 20.2. The molecule has 2 heterocycles. The van der Waals surface area contributed by atoms with Crippen LogP contribution in [0.4, 0.5) is 10.2 Å². The van der Waals surface area contributed by atoms with Gasteiger partial charge in [-0.1, -0.05) is 18.2 Å². The normalized spacial score (nSPS) is 14.0. The van der Waals surface area contributed by atoms with Gasteiger partial charge in [0.15, 0.2) is 17.3 Å². The highest BCUT2D eigenvalue weighted by Gasteiger charge is 2.25. The average molecular weight is 479 g/mol. The maximum absolute atomic E-state index is 13.5. The number of aromatic nitrogens is 2. The maximum atomic E-state index is 13.5. The predicted octanol–water partition coefficient (Wildman–Crippen LogP) is 4.61. The molecule has 1 aliphatic rings. The maximum Gasteiger partial charge on any atom is 0.223 e. The van der Waals surface area contributed by atoms with Crippen LogP contribution in [0, 0.1) is 11.7 Å². The highest BCUT2D eigenvalue weighted by Crippen LogP contribution is 2.29. The summed E-state index contributed by atoms with van der Waals surface area (Å²) < 4.78 is 24.7. The van der Waals surface area contributed by atoms with Gasteiger partial charge in [-0.2, -0.15) is 0 Å². The van der Waals surface area contributed by atoms with Crippen molar-refractivity contribution in [1.29, 1.82) is 0 Å². The van der Waals surface area contributed by atoms with Crippen LogP contribution in [0.3, 0.4) is 0 Å². The van der Waals surface area contributed by atoms with Gasteiger partial charge in [0.05, 0.1) is 18.9 Å². The van der Waals surface area contributed by atoms with Crippen LogP contribution < -0.4 is 19.7 Å². The number of hydrogen-bond acceptors (Lipinski definition) is 6. The second-order valence-corrected chi connectivity index (χ2v) is 8.41. The van der Waals surface area contributed by atoms with Crippen LogP contribution in [0.25, 0.3) is 11.3 Å². The smallest absolute Gasteiger partial charge is 0.223 e. The summed E-state index contributed by atoms with van der Waals surface area (Å²) in [5, 5.41) is 11.7. The minimum absolute atomic E-state index is 0.0418. The first-order valence-corrected chi connectivity index (χ1v) is 12.1. The lowest BCUT2D eigenvalue weighted by atomic mass is 9.96. The third kappa shape index (κ3) is 6.26. The molecule has 3 aromatic rings. The zero-order chi connectivity index (χ0) is 24.6. The standard InChI is InChI=1S/C27H31FN4O3/c1-3-34-24-10-8-19(16-25(24)35-4-2)18-29-27(33)20-12-14-32(15-13-20)26-11-9-23(30-31-26)21-6-5-7-22(28)17-21/h5-11,16-17,20H,3-4,12-15,18H2,1-2H3,(H,29,33). The Hall–Kier alpha value is -3.68. The molecule has 1 aliphatic heterocycles. The van der Waals surface area contributed by atoms with E-state index in [4.69, 9.17) is 9.47 Å². The molecule has 1 fully saturated rings. The number of hydrogen-bond donors (Lipinski definition) is 1. The van der Waals surface area contributed by atoms with Crippen molar-refractivity contribution in [2.75, 3.05) is 31.2 Å². The van der Waals surface area contributed by atoms with Crippen molar-refractivity contribution < 1.29 is 18.7 Å². The Balaban J connectivity index is 1.28. The first-order chi connectivity index (χ1) is 17.1. The van der Waals surface area contributed by atoms with Crippen LogP contribution in [0.1, 0.15) is 32.3 Å². The molecule has 4 rings (SSSR count). The number of rotatable bonds is 9. The number of nitrogens with zero attached hydrogens (tertiary/aromatic N) is 3. The highest BCUT2D eigenvalue weighted by atomic mass is 19.1. The van der Waals surface area contributed by atoms with Crippen molar-refractivity contribution in [1.82, 2.24) is 15.5 Å². The Morgan fingerprint density at radius 1 is 1.00 bits per heavy atom. The predicted molar refractivity (Wildman–Crippen MR) is 133 cm³/mol. The molecule has 0 atom stereocenters. The summed E-state index contributed by atoms with van der Waals surface area (Å²) in [7, 11) is 0. The van der Waals surface area contributed by atoms with Gasteiger partial charge in [0.25, 0.3) is 0 Å². The minimum atomic E-state index is -0.300. The number of ether oxygens (including phenoxy) is 2. The van der Waals surface area contributed by atoms with E-state index in [9.17, 15) is 9.18 Å². The van der Waals surface area contributed by atoms with Crippen molar-refractivity contribution in [2.24, 2.45) is 5.92 Å². The lowest BCUT2D eigenvalue weighted by Gasteiger charge is -2.31. The number of piperidine rings is 1. The minimum Gasteiger partial charge on any atom is -0.490 e. The molecule has 1 saturated heterocycles. The van der Waals surface area contributed by atoms with E-state index in [1.54, 1.807) is 6.07 Å². The van der Waals surface area contributed by atoms with Gasteiger partial charge >= 0.3 is 0 Å². The number of amides is 1. The van der Waals surface area contributed by atoms with Crippen LogP contribution in [-0.4, -0.2) is 42.4 Å². The van der Waals surface area contributed by atoms with E-state index in [-0.39, 0.29) is 17.6 Å². The van der Waals surface area contributed by atoms with Gasteiger partial charge in [-0.05, 0) is 68.7 Å². The molecule has 1 aromatic heterocycles. The van der Waals surface area contributed by atoms with Crippen molar-refractivity contribution in [3.63, 3.8) is 0 Å². The summed E-state index contributed by atoms with van der Waals surface area (Å²) in [4.78, 5) is 14.9. The topological polar surface area (TPSA) is 76.6 Å². The zero-order valence-corrected chi connectivity index (χ0v) is 20.2. The Kier molecular flexibility index (Phi) is 8.13. The second kappa shape index (κ2) is 11.6. The van der Waals surface area contributed by atoms with Crippen molar-refractivity contribution in [3.05, 3.63) is 66.0 Å². The van der Waals surface area contributed by atoms with Gasteiger partial charge < -0.3 is 19.7 Å². The summed E-state index contributed by atoms with van der Waals surface area (Å²) in [6.07, 6.45) is 1.49. The number of halogens is 1. The molecule has 0 aliphatic carbocycles. The van der Waals surface area contributed by atoms with Gasteiger partial charge in [0, 0.05) is 31.1 Å². The Bertz CT molecular complexity index is 1130. The van der Waals surface area contributed by atoms with E-state index in [2.05, 4.69) is 20.4 Å². The van der Waals surface area contributed by atoms with Gasteiger partial charge in [-0.15, -0.1) is 10.2 Å². The number of benzene rings is 2. The molecule has 7 nitrogen and oxygen atoms in total. The van der Waals surface area contributed by atoms with Crippen LogP contribution in [0.15, 0.2) is 54.6 Å². The van der Waals surface area contributed by atoms with Crippen LogP contribution in [-0.2, 0) is 11.3 Å².